The smallest absolute Gasteiger partial charge is 0.362 e. The molecule has 84 valence electrons. The fourth-order valence-corrected chi connectivity index (χ4v) is 2.30. The van der Waals surface area contributed by atoms with Crippen LogP contribution in [-0.4, -0.2) is 19.3 Å². The molecule has 0 heterocycles. The minimum absolute atomic E-state index is 0.437. The summed E-state index contributed by atoms with van der Waals surface area (Å²) in [4.78, 5) is 0. The van der Waals surface area contributed by atoms with Crippen LogP contribution in [0, 0.1) is 0 Å². The van der Waals surface area contributed by atoms with Crippen molar-refractivity contribution in [3.8, 4) is 0 Å². The monoisotopic (exact) mass is 250 g/mol. The van der Waals surface area contributed by atoms with Crippen molar-refractivity contribution in [2.75, 3.05) is 14.2 Å². The summed E-state index contributed by atoms with van der Waals surface area (Å²) in [6.07, 6.45) is 0. The van der Waals surface area contributed by atoms with Gasteiger partial charge in [0.1, 0.15) is 0 Å². The summed E-state index contributed by atoms with van der Waals surface area (Å²) in [6.45, 7) is 0. The van der Waals surface area contributed by atoms with Gasteiger partial charge >= 0.3 is 7.60 Å². The summed E-state index contributed by atoms with van der Waals surface area (Å²) in [6, 6.07) is 6.32. The van der Waals surface area contributed by atoms with Gasteiger partial charge in [0.05, 0.1) is 0 Å². The molecule has 0 saturated carbocycles. The van der Waals surface area contributed by atoms with E-state index in [4.69, 9.17) is 11.6 Å². The Labute approximate surface area is 93.3 Å². The molecule has 0 aliphatic carbocycles. The van der Waals surface area contributed by atoms with Gasteiger partial charge in [0.2, 0.25) is 0 Å². The van der Waals surface area contributed by atoms with Crippen molar-refractivity contribution in [1.29, 1.82) is 0 Å². The third kappa shape index (κ3) is 2.80. The zero-order chi connectivity index (χ0) is 11.5. The van der Waals surface area contributed by atoms with Gasteiger partial charge in [-0.3, -0.25) is 4.57 Å². The van der Waals surface area contributed by atoms with E-state index in [1.807, 2.05) is 0 Å². The van der Waals surface area contributed by atoms with Crippen molar-refractivity contribution < 1.29 is 18.7 Å². The van der Waals surface area contributed by atoms with Crippen LogP contribution in [0.4, 0.5) is 0 Å². The summed E-state index contributed by atoms with van der Waals surface area (Å²) in [5.74, 6) is -1.30. The minimum Gasteiger partial charge on any atom is -0.376 e. The first-order valence-corrected chi connectivity index (χ1v) is 6.17. The SMILES string of the molecule is COP(=O)(OC)[C@H](O)c1ccc(Cl)cc1. The molecule has 0 aliphatic rings. The van der Waals surface area contributed by atoms with E-state index in [-0.39, 0.29) is 0 Å². The molecule has 0 radical (unpaired) electrons. The Balaban J connectivity index is 2.98. The zero-order valence-electron chi connectivity index (χ0n) is 8.38. The highest BCUT2D eigenvalue weighted by Gasteiger charge is 2.33. The van der Waals surface area contributed by atoms with Gasteiger partial charge in [0.15, 0.2) is 5.85 Å². The first kappa shape index (κ1) is 12.7. The number of aliphatic hydroxyl groups excluding tert-OH is 1. The van der Waals surface area contributed by atoms with Gasteiger partial charge < -0.3 is 14.2 Å². The van der Waals surface area contributed by atoms with E-state index in [1.165, 1.54) is 14.2 Å². The second-order valence-electron chi connectivity index (χ2n) is 2.83. The zero-order valence-corrected chi connectivity index (χ0v) is 10.0. The molecular formula is C9H12ClO4P. The lowest BCUT2D eigenvalue weighted by Crippen LogP contribution is -2.02. The molecule has 1 aromatic carbocycles. The number of hydrogen-bond acceptors (Lipinski definition) is 4. The van der Waals surface area contributed by atoms with E-state index >= 15 is 0 Å². The molecule has 0 bridgehead atoms. The van der Waals surface area contributed by atoms with Gasteiger partial charge in [-0.15, -0.1) is 0 Å². The van der Waals surface area contributed by atoms with Crippen LogP contribution in [0.15, 0.2) is 24.3 Å². The van der Waals surface area contributed by atoms with Gasteiger partial charge in [-0.2, -0.15) is 0 Å². The maximum Gasteiger partial charge on any atom is 0.362 e. The lowest BCUT2D eigenvalue weighted by Gasteiger charge is -2.19. The average Bonchev–Trinajstić information content (AvgIpc) is 2.28. The fraction of sp³-hybridized carbons (Fsp3) is 0.333. The maximum atomic E-state index is 11.8. The number of hydrogen-bond donors (Lipinski definition) is 1. The lowest BCUT2D eigenvalue weighted by atomic mass is 10.2. The molecule has 0 amide bonds. The molecule has 1 atom stereocenters. The number of halogens is 1. The molecule has 4 nitrogen and oxygen atoms in total. The van der Waals surface area contributed by atoms with Crippen LogP contribution < -0.4 is 0 Å². The van der Waals surface area contributed by atoms with Crippen LogP contribution in [0.2, 0.25) is 5.02 Å². The Bertz CT molecular complexity index is 357. The number of rotatable bonds is 4. The van der Waals surface area contributed by atoms with Crippen LogP contribution in [0.1, 0.15) is 11.4 Å². The Morgan fingerprint density at radius 1 is 1.27 bits per heavy atom. The van der Waals surface area contributed by atoms with E-state index < -0.39 is 13.4 Å². The molecule has 0 unspecified atom stereocenters. The Kier molecular flexibility index (Phi) is 4.32. The number of aliphatic hydroxyl groups is 1. The third-order valence-corrected chi connectivity index (χ3v) is 4.14. The van der Waals surface area contributed by atoms with E-state index in [0.29, 0.717) is 10.6 Å². The summed E-state index contributed by atoms with van der Waals surface area (Å²) in [7, 11) is -1.05. The van der Waals surface area contributed by atoms with Crippen molar-refractivity contribution in [2.45, 2.75) is 5.85 Å². The van der Waals surface area contributed by atoms with Gasteiger partial charge in [0.25, 0.3) is 0 Å². The Morgan fingerprint density at radius 3 is 2.13 bits per heavy atom. The molecule has 0 aromatic heterocycles. The minimum atomic E-state index is -3.50. The van der Waals surface area contributed by atoms with Gasteiger partial charge in [-0.25, -0.2) is 0 Å². The third-order valence-electron chi connectivity index (χ3n) is 1.98. The Morgan fingerprint density at radius 2 is 1.73 bits per heavy atom. The molecule has 0 aliphatic heterocycles. The van der Waals surface area contributed by atoms with Gasteiger partial charge in [-0.1, -0.05) is 23.7 Å². The van der Waals surface area contributed by atoms with Crippen LogP contribution in [0.5, 0.6) is 0 Å². The topological polar surface area (TPSA) is 55.8 Å². The largest absolute Gasteiger partial charge is 0.376 e. The van der Waals surface area contributed by atoms with Crippen LogP contribution in [0.25, 0.3) is 0 Å². The van der Waals surface area contributed by atoms with E-state index in [2.05, 4.69) is 9.05 Å². The standard InChI is InChI=1S/C9H12ClO4P/c1-13-15(12,14-2)9(11)7-3-5-8(10)6-4-7/h3-6,9,11H,1-2H3/t9-/m0/s1. The van der Waals surface area contributed by atoms with E-state index in [1.54, 1.807) is 24.3 Å². The highest BCUT2D eigenvalue weighted by molar-refractivity contribution is 7.53. The quantitative estimate of drug-likeness (QED) is 0.835. The average molecular weight is 251 g/mol. The second kappa shape index (κ2) is 5.10. The molecule has 0 saturated heterocycles. The van der Waals surface area contributed by atoms with Crippen molar-refractivity contribution >= 4 is 19.2 Å². The predicted molar refractivity (Wildman–Crippen MR) is 58.0 cm³/mol. The lowest BCUT2D eigenvalue weighted by molar-refractivity contribution is 0.176. The molecule has 0 spiro atoms. The molecule has 15 heavy (non-hydrogen) atoms. The molecule has 1 aromatic rings. The Hall–Kier alpha value is -0.380. The van der Waals surface area contributed by atoms with Gasteiger partial charge in [-0.05, 0) is 17.7 Å². The van der Waals surface area contributed by atoms with Crippen LogP contribution in [-0.2, 0) is 13.6 Å². The molecule has 1 rings (SSSR count). The molecular weight excluding hydrogens is 239 g/mol. The van der Waals surface area contributed by atoms with Gasteiger partial charge in [0, 0.05) is 19.2 Å². The predicted octanol–water partition coefficient (Wildman–Crippen LogP) is 2.82. The van der Waals surface area contributed by atoms with Crippen LogP contribution >= 0.6 is 19.2 Å². The van der Waals surface area contributed by atoms with Crippen molar-refractivity contribution in [2.24, 2.45) is 0 Å². The molecule has 0 fully saturated rings. The highest BCUT2D eigenvalue weighted by atomic mass is 35.5. The van der Waals surface area contributed by atoms with E-state index in [9.17, 15) is 9.67 Å². The van der Waals surface area contributed by atoms with Crippen LogP contribution in [0.3, 0.4) is 0 Å². The van der Waals surface area contributed by atoms with Crippen molar-refractivity contribution in [1.82, 2.24) is 0 Å². The fourth-order valence-electron chi connectivity index (χ4n) is 1.09. The normalized spacial score (nSPS) is 13.9. The molecule has 6 heteroatoms. The van der Waals surface area contributed by atoms with E-state index in [0.717, 1.165) is 0 Å². The van der Waals surface area contributed by atoms with Crippen molar-refractivity contribution in [3.05, 3.63) is 34.9 Å². The summed E-state index contributed by atoms with van der Waals surface area (Å²) in [5.41, 5.74) is 0.437. The van der Waals surface area contributed by atoms with Crippen molar-refractivity contribution in [3.63, 3.8) is 0 Å². The number of benzene rings is 1. The summed E-state index contributed by atoms with van der Waals surface area (Å²) < 4.78 is 21.2. The first-order chi connectivity index (χ1) is 7.03. The highest BCUT2D eigenvalue weighted by Crippen LogP contribution is 2.58. The second-order valence-corrected chi connectivity index (χ2v) is 5.57. The maximum absolute atomic E-state index is 11.8. The summed E-state index contributed by atoms with van der Waals surface area (Å²) in [5, 5.41) is 10.3. The first-order valence-electron chi connectivity index (χ1n) is 4.18. The molecule has 1 N–H and O–H groups in total. The summed E-state index contributed by atoms with van der Waals surface area (Å²) >= 11 is 5.69.